The van der Waals surface area contributed by atoms with Gasteiger partial charge in [0.15, 0.2) is 5.78 Å². The van der Waals surface area contributed by atoms with E-state index >= 15 is 0 Å². The minimum absolute atomic E-state index is 0. The van der Waals surface area contributed by atoms with Crippen LogP contribution < -0.4 is 4.40 Å². The Balaban J connectivity index is 0.000000331. The quantitative estimate of drug-likeness (QED) is 0.0600. The molecule has 0 aliphatic rings. The Morgan fingerprint density at radius 3 is 2.07 bits per heavy atom. The molecular formula is C37H48FGeIrN2O2-. The van der Waals surface area contributed by atoms with E-state index in [1.54, 1.807) is 6.07 Å². The molecular weight excluding hydrogens is 788 g/mol. The van der Waals surface area contributed by atoms with Crippen LogP contribution in [0.4, 0.5) is 4.39 Å². The van der Waals surface area contributed by atoms with Crippen molar-refractivity contribution >= 4 is 45.1 Å². The van der Waals surface area contributed by atoms with Crippen LogP contribution in [-0.2, 0) is 24.9 Å². The maximum atomic E-state index is 13.3. The molecule has 4 nitrogen and oxygen atoms in total. The second-order valence-corrected chi connectivity index (χ2v) is 23.7. The van der Waals surface area contributed by atoms with Crippen molar-refractivity contribution in [1.29, 1.82) is 0 Å². The molecule has 3 aromatic carbocycles. The number of aliphatic hydroxyl groups is 1. The number of fused-ring (bicyclic) bond motifs is 3. The van der Waals surface area contributed by atoms with Crippen LogP contribution in [0.1, 0.15) is 73.1 Å². The maximum absolute atomic E-state index is 13.3. The number of benzene rings is 3. The van der Waals surface area contributed by atoms with Crippen LogP contribution in [0, 0.1) is 29.6 Å². The second kappa shape index (κ2) is 15.3. The first-order valence-electron chi connectivity index (χ1n) is 15.5. The molecule has 0 unspecified atom stereocenters. The zero-order valence-electron chi connectivity index (χ0n) is 28.0. The first-order chi connectivity index (χ1) is 20.1. The summed E-state index contributed by atoms with van der Waals surface area (Å²) < 4.78 is 14.8. The Labute approximate surface area is 279 Å². The molecule has 239 valence electrons. The molecule has 44 heavy (non-hydrogen) atoms. The smallest absolute Gasteiger partial charge is 0 e. The summed E-state index contributed by atoms with van der Waals surface area (Å²) in [7, 11) is 0. The Kier molecular flexibility index (Phi) is 13.1. The molecule has 0 fully saturated rings. The predicted octanol–water partition coefficient (Wildman–Crippen LogP) is 9.89. The van der Waals surface area contributed by atoms with Crippen LogP contribution in [-0.4, -0.2) is 34.1 Å². The second-order valence-electron chi connectivity index (χ2n) is 13.1. The van der Waals surface area contributed by atoms with E-state index in [9.17, 15) is 14.3 Å². The molecule has 0 amide bonds. The van der Waals surface area contributed by atoms with Gasteiger partial charge in [-0.25, -0.2) is 0 Å². The predicted molar refractivity (Wildman–Crippen MR) is 182 cm³/mol. The van der Waals surface area contributed by atoms with Crippen molar-refractivity contribution < 1.29 is 34.4 Å². The molecule has 1 N–H and O–H groups in total. The van der Waals surface area contributed by atoms with E-state index in [1.807, 2.05) is 48.5 Å². The van der Waals surface area contributed by atoms with Crippen LogP contribution in [0.3, 0.4) is 0 Å². The Hall–Kier alpha value is -2.41. The number of ketones is 1. The third-order valence-electron chi connectivity index (χ3n) is 9.26. The van der Waals surface area contributed by atoms with Crippen LogP contribution >= 0.6 is 0 Å². The fraction of sp³-hybridized carbons (Fsp3) is 0.432. The number of aliphatic hydroxyl groups excluding tert-OH is 1. The molecule has 0 spiro atoms. The van der Waals surface area contributed by atoms with Crippen molar-refractivity contribution in [1.82, 2.24) is 9.97 Å². The summed E-state index contributed by atoms with van der Waals surface area (Å²) in [4.78, 5) is 21.6. The summed E-state index contributed by atoms with van der Waals surface area (Å²) in [6.07, 6.45) is 4.75. The summed E-state index contributed by atoms with van der Waals surface area (Å²) >= 11 is -2.10. The van der Waals surface area contributed by atoms with Crippen molar-refractivity contribution in [2.75, 3.05) is 0 Å². The molecule has 0 saturated carbocycles. The molecule has 0 bridgehead atoms. The molecule has 0 aliphatic carbocycles. The van der Waals surface area contributed by atoms with Crippen LogP contribution in [0.2, 0.25) is 17.3 Å². The first-order valence-corrected chi connectivity index (χ1v) is 22.8. The number of carbonyl (C=O) groups excluding carboxylic acids is 1. The number of aryl methyl sites for hydroxylation is 1. The van der Waals surface area contributed by atoms with Gasteiger partial charge in [0.25, 0.3) is 0 Å². The molecule has 4 aromatic rings. The van der Waals surface area contributed by atoms with Crippen molar-refractivity contribution in [3.8, 4) is 11.3 Å². The van der Waals surface area contributed by atoms with Gasteiger partial charge in [-0.15, -0.1) is 0 Å². The van der Waals surface area contributed by atoms with Gasteiger partial charge in [0.05, 0.1) is 0 Å². The number of hydrogen-bond donors (Lipinski definition) is 1. The largest absolute Gasteiger partial charge is 0 e. The number of nitrogens with zero attached hydrogens (tertiary/aromatic N) is 2. The van der Waals surface area contributed by atoms with E-state index in [4.69, 9.17) is 4.98 Å². The third-order valence-corrected chi connectivity index (χ3v) is 13.5. The molecule has 0 aliphatic heterocycles. The van der Waals surface area contributed by atoms with Gasteiger partial charge < -0.3 is 5.11 Å². The Morgan fingerprint density at radius 2 is 1.55 bits per heavy atom. The first kappa shape index (κ1) is 37.8. The summed E-state index contributed by atoms with van der Waals surface area (Å²) in [6.45, 7) is 14.0. The molecule has 0 atom stereocenters. The fourth-order valence-corrected chi connectivity index (χ4v) is 8.52. The Morgan fingerprint density at radius 1 is 0.932 bits per heavy atom. The van der Waals surface area contributed by atoms with Crippen molar-refractivity contribution in [2.45, 2.75) is 91.4 Å². The Bertz CT molecular complexity index is 1620. The number of allylic oxidation sites excluding steroid dienone is 2. The average Bonchev–Trinajstić information content (AvgIpc) is 2.99. The van der Waals surface area contributed by atoms with Gasteiger partial charge in [-0.1, -0.05) is 41.5 Å². The van der Waals surface area contributed by atoms with Crippen molar-refractivity contribution in [3.63, 3.8) is 0 Å². The molecule has 7 heteroatoms. The van der Waals surface area contributed by atoms with E-state index in [2.05, 4.69) is 58.7 Å². The van der Waals surface area contributed by atoms with Crippen LogP contribution in [0.15, 0.2) is 60.4 Å². The van der Waals surface area contributed by atoms with Crippen molar-refractivity contribution in [2.24, 2.45) is 10.8 Å². The van der Waals surface area contributed by atoms with Gasteiger partial charge in [0.1, 0.15) is 5.76 Å². The van der Waals surface area contributed by atoms with Gasteiger partial charge in [-0.3, -0.25) is 4.79 Å². The van der Waals surface area contributed by atoms with Crippen molar-refractivity contribution in [3.05, 3.63) is 78.1 Å². The average molecular weight is 837 g/mol. The maximum Gasteiger partial charge on any atom is 0 e. The minimum atomic E-state index is -2.10. The zero-order valence-corrected chi connectivity index (χ0v) is 32.5. The van der Waals surface area contributed by atoms with Crippen LogP contribution in [0.5, 0.6) is 0 Å². The summed E-state index contributed by atoms with van der Waals surface area (Å²) in [5.41, 5.74) is 1.98. The van der Waals surface area contributed by atoms with E-state index < -0.39 is 13.3 Å². The summed E-state index contributed by atoms with van der Waals surface area (Å²) in [5, 5.41) is 13.6. The van der Waals surface area contributed by atoms with Gasteiger partial charge in [0, 0.05) is 37.0 Å². The minimum Gasteiger partial charge on any atom is 0 e. The number of halogens is 1. The number of hydrogen-bond acceptors (Lipinski definition) is 4. The molecule has 1 heterocycles. The molecule has 1 radical (unpaired) electrons. The summed E-state index contributed by atoms with van der Waals surface area (Å²) in [6, 6.07) is 18.3. The van der Waals surface area contributed by atoms with E-state index in [1.165, 1.54) is 33.4 Å². The molecule has 0 saturated heterocycles. The van der Waals surface area contributed by atoms with Gasteiger partial charge in [0.2, 0.25) is 0 Å². The standard InChI is InChI=1S/C22H20FGeN2.C15H28O2.Ir/c1-14-25-21(16-8-11-17(23)12-9-16)18-13-10-15-6-5-7-19(24(2,3)4)20(15)22(18)26-14;1-7-14(5,8-2)12(16)11-13(17)15(6,9-3)10-4;/h5-8,10-13H,1-4H3;11,16H,7-10H2,1-6H3;/q-1;;/b;12-11-;. The van der Waals surface area contributed by atoms with E-state index in [0.717, 1.165) is 47.8 Å². The van der Waals surface area contributed by atoms with Gasteiger partial charge in [-0.05, 0) is 25.7 Å². The molecule has 4 rings (SSSR count). The van der Waals surface area contributed by atoms with Crippen LogP contribution in [0.25, 0.3) is 32.9 Å². The zero-order chi connectivity index (χ0) is 32.2. The normalized spacial score (nSPS) is 12.5. The van der Waals surface area contributed by atoms with Gasteiger partial charge in [-0.2, -0.15) is 0 Å². The number of carbonyl (C=O) groups is 1. The van der Waals surface area contributed by atoms with E-state index in [-0.39, 0.29) is 48.3 Å². The fourth-order valence-electron chi connectivity index (χ4n) is 5.14. The number of aromatic nitrogens is 2. The number of rotatable bonds is 9. The topological polar surface area (TPSA) is 63.1 Å². The monoisotopic (exact) mass is 838 g/mol. The summed E-state index contributed by atoms with van der Waals surface area (Å²) in [5.74, 6) is 7.91. The third kappa shape index (κ3) is 8.24. The van der Waals surface area contributed by atoms with E-state index in [0.29, 0.717) is 5.82 Å². The molecule has 1 aromatic heterocycles. The SMILES string of the molecule is CCC(C)(CC)C(=O)/C=C(\O)C(C)(CC)CC.Cc1nc(-c2[c-]cc(F)cc2)c2ccc3ccc[c]([Ge]([CH3])([CH3])[CH3])c3c2n1.[Ir]. The van der Waals surface area contributed by atoms with Gasteiger partial charge >= 0.3 is 155 Å².